The number of hydrogen-bond acceptors (Lipinski definition) is 11. The van der Waals surface area contributed by atoms with E-state index in [-0.39, 0.29) is 0 Å². The lowest BCUT2D eigenvalue weighted by Gasteiger charge is -2.32. The van der Waals surface area contributed by atoms with Crippen molar-refractivity contribution in [1.82, 2.24) is 20.2 Å². The second kappa shape index (κ2) is 13.6. The number of thiazole rings is 2. The Kier molecular flexibility index (Phi) is 10.0. The lowest BCUT2D eigenvalue weighted by Crippen LogP contribution is -2.47. The molecule has 2 aromatic heterocycles. The van der Waals surface area contributed by atoms with Crippen molar-refractivity contribution >= 4 is 59.1 Å². The molecule has 1 saturated heterocycles. The third-order valence-electron chi connectivity index (χ3n) is 6.79. The number of nitroso groups, excluding NO2 is 1. The highest BCUT2D eigenvalue weighted by molar-refractivity contribution is 7.24. The SMILES string of the molecule is C1CCC(N2CCNCC2)C1.Cc1c2nc(N)sc2cc2sc(NCCNc3ccccc3)nc12.N=O. The Morgan fingerprint density at radius 3 is 2.38 bits per heavy atom. The molecule has 0 spiro atoms. The summed E-state index contributed by atoms with van der Waals surface area (Å²) >= 11 is 3.19. The second-order valence-corrected chi connectivity index (χ2v) is 11.3. The van der Waals surface area contributed by atoms with Crippen LogP contribution in [-0.2, 0) is 0 Å². The van der Waals surface area contributed by atoms with Crippen LogP contribution in [0.2, 0.25) is 0 Å². The zero-order valence-corrected chi connectivity index (χ0v) is 22.9. The Morgan fingerprint density at radius 1 is 1.00 bits per heavy atom. The molecule has 0 amide bonds. The minimum atomic E-state index is 0.607. The van der Waals surface area contributed by atoms with Crippen molar-refractivity contribution in [3.8, 4) is 0 Å². The van der Waals surface area contributed by atoms with E-state index in [2.05, 4.69) is 56.6 Å². The number of piperazine rings is 1. The average Bonchev–Trinajstić information content (AvgIpc) is 3.70. The summed E-state index contributed by atoms with van der Waals surface area (Å²) in [6.07, 6.45) is 5.85. The molecule has 198 valence electrons. The molecule has 9 nitrogen and oxygen atoms in total. The van der Waals surface area contributed by atoms with E-state index < -0.39 is 0 Å². The normalized spacial score (nSPS) is 16.1. The molecule has 6 N–H and O–H groups in total. The maximum atomic E-state index is 7.50. The van der Waals surface area contributed by atoms with Gasteiger partial charge in [0, 0.05) is 56.6 Å². The van der Waals surface area contributed by atoms with Crippen molar-refractivity contribution in [2.45, 2.75) is 38.6 Å². The summed E-state index contributed by atoms with van der Waals surface area (Å²) in [5, 5.41) is 11.7. The molecule has 1 aliphatic heterocycles. The first-order chi connectivity index (χ1) is 18.2. The van der Waals surface area contributed by atoms with E-state index in [1.807, 2.05) is 18.2 Å². The van der Waals surface area contributed by atoms with E-state index in [4.69, 9.17) is 15.6 Å². The lowest BCUT2D eigenvalue weighted by atomic mass is 10.2. The molecule has 0 unspecified atom stereocenters. The van der Waals surface area contributed by atoms with Crippen molar-refractivity contribution in [1.29, 1.82) is 5.59 Å². The van der Waals surface area contributed by atoms with E-state index in [1.54, 1.807) is 11.3 Å². The molecule has 0 radical (unpaired) electrons. The van der Waals surface area contributed by atoms with Crippen LogP contribution in [0.15, 0.2) is 36.4 Å². The molecule has 4 aromatic rings. The maximum absolute atomic E-state index is 7.50. The number of aromatic nitrogens is 2. The highest BCUT2D eigenvalue weighted by atomic mass is 32.1. The number of nitrogens with two attached hydrogens (primary N) is 1. The largest absolute Gasteiger partial charge is 0.383 e. The summed E-state index contributed by atoms with van der Waals surface area (Å²) in [5.74, 6) is 0. The summed E-state index contributed by atoms with van der Waals surface area (Å²) in [4.78, 5) is 19.3. The van der Waals surface area contributed by atoms with Gasteiger partial charge in [-0.3, -0.25) is 4.90 Å². The minimum absolute atomic E-state index is 0.607. The predicted molar refractivity (Wildman–Crippen MR) is 158 cm³/mol. The zero-order valence-electron chi connectivity index (χ0n) is 21.3. The first-order valence-corrected chi connectivity index (χ1v) is 14.4. The maximum Gasteiger partial charge on any atom is 0.183 e. The van der Waals surface area contributed by atoms with Gasteiger partial charge in [0.15, 0.2) is 10.3 Å². The standard InChI is InChI=1S/C17H17N5S2.C9H18N2.HNO/c1-10-14-12(23-16(18)21-14)9-13-15(10)22-17(24-13)20-8-7-19-11-5-3-2-4-6-11;1-2-4-9(3-1)11-7-5-10-6-8-11;1-2/h2-6,9,19H,7-8H2,1H3,(H2,18,21)(H,20,22);9-10H,1-8H2;1H. The third kappa shape index (κ3) is 7.13. The molecule has 0 bridgehead atoms. The minimum Gasteiger partial charge on any atom is -0.383 e. The third-order valence-corrected chi connectivity index (χ3v) is 8.58. The van der Waals surface area contributed by atoms with Gasteiger partial charge in [0.1, 0.15) is 0 Å². The van der Waals surface area contributed by atoms with E-state index in [0.717, 1.165) is 51.2 Å². The van der Waals surface area contributed by atoms with Gasteiger partial charge in [-0.2, -0.15) is 4.91 Å². The van der Waals surface area contributed by atoms with Crippen LogP contribution in [-0.4, -0.2) is 60.2 Å². The fraction of sp³-hybridized carbons (Fsp3) is 0.462. The molecule has 2 aliphatic rings. The van der Waals surface area contributed by atoms with Gasteiger partial charge in [-0.15, -0.1) is 0 Å². The number of nitrogen functional groups attached to an aromatic ring is 1. The van der Waals surface area contributed by atoms with Crippen molar-refractivity contribution in [2.24, 2.45) is 0 Å². The average molecular weight is 541 g/mol. The highest BCUT2D eigenvalue weighted by Crippen LogP contribution is 2.36. The van der Waals surface area contributed by atoms with Gasteiger partial charge in [-0.05, 0) is 38.0 Å². The Bertz CT molecular complexity index is 1250. The molecular weight excluding hydrogens is 504 g/mol. The van der Waals surface area contributed by atoms with Crippen molar-refractivity contribution in [2.75, 3.05) is 55.6 Å². The summed E-state index contributed by atoms with van der Waals surface area (Å²) in [7, 11) is 0. The van der Waals surface area contributed by atoms with Crippen LogP contribution in [0.25, 0.3) is 20.4 Å². The quantitative estimate of drug-likeness (QED) is 0.160. The van der Waals surface area contributed by atoms with Crippen LogP contribution in [0.3, 0.4) is 0 Å². The number of para-hydroxylation sites is 1. The number of nitrogens with zero attached hydrogens (tertiary/aromatic N) is 3. The molecule has 1 saturated carbocycles. The van der Waals surface area contributed by atoms with Crippen LogP contribution < -0.4 is 21.7 Å². The van der Waals surface area contributed by atoms with Gasteiger partial charge in [-0.25, -0.2) is 9.97 Å². The number of rotatable bonds is 6. The predicted octanol–water partition coefficient (Wildman–Crippen LogP) is 5.49. The van der Waals surface area contributed by atoms with Crippen LogP contribution in [0.4, 0.5) is 16.0 Å². The Balaban J connectivity index is 0.000000205. The van der Waals surface area contributed by atoms with Crippen molar-refractivity contribution in [3.05, 3.63) is 46.9 Å². The number of aryl methyl sites for hydroxylation is 1. The number of fused-ring (bicyclic) bond motifs is 2. The molecule has 2 aromatic carbocycles. The van der Waals surface area contributed by atoms with Crippen LogP contribution in [0, 0.1) is 17.4 Å². The van der Waals surface area contributed by atoms with Crippen molar-refractivity contribution in [3.63, 3.8) is 0 Å². The van der Waals surface area contributed by atoms with E-state index >= 15 is 0 Å². The molecule has 2 fully saturated rings. The molecule has 1 aliphatic carbocycles. The summed E-state index contributed by atoms with van der Waals surface area (Å²) < 4.78 is 2.29. The molecule has 11 heteroatoms. The number of hydrogen-bond donors (Lipinski definition) is 5. The summed E-state index contributed by atoms with van der Waals surface area (Å²) in [6, 6.07) is 13.3. The van der Waals surface area contributed by atoms with Gasteiger partial charge in [0.05, 0.1) is 20.4 Å². The molecule has 0 atom stereocenters. The highest BCUT2D eigenvalue weighted by Gasteiger charge is 2.23. The first-order valence-electron chi connectivity index (χ1n) is 12.8. The van der Waals surface area contributed by atoms with E-state index in [1.165, 1.54) is 67.9 Å². The molecular formula is C26H36N8OS2. The van der Waals surface area contributed by atoms with Crippen molar-refractivity contribution < 1.29 is 0 Å². The number of benzene rings is 2. The van der Waals surface area contributed by atoms with Gasteiger partial charge in [0.2, 0.25) is 0 Å². The number of nitrogens with one attached hydrogen (secondary N) is 4. The van der Waals surface area contributed by atoms with Gasteiger partial charge in [0.25, 0.3) is 0 Å². The van der Waals surface area contributed by atoms with Crippen LogP contribution in [0.5, 0.6) is 0 Å². The number of anilines is 3. The fourth-order valence-corrected chi connectivity index (χ4v) is 6.87. The van der Waals surface area contributed by atoms with E-state index in [0.29, 0.717) is 5.13 Å². The van der Waals surface area contributed by atoms with E-state index in [9.17, 15) is 0 Å². The monoisotopic (exact) mass is 540 g/mol. The summed E-state index contributed by atoms with van der Waals surface area (Å²) in [5.41, 5.74) is 14.5. The Labute approximate surface area is 225 Å². The van der Waals surface area contributed by atoms with Crippen LogP contribution in [0.1, 0.15) is 31.2 Å². The second-order valence-electron chi connectivity index (χ2n) is 9.21. The Hall–Kier alpha value is -2.86. The lowest BCUT2D eigenvalue weighted by molar-refractivity contribution is 0.175. The smallest absolute Gasteiger partial charge is 0.183 e. The Morgan fingerprint density at radius 2 is 1.65 bits per heavy atom. The molecule has 3 heterocycles. The topological polar surface area (TPSA) is 132 Å². The fourth-order valence-electron chi connectivity index (χ4n) is 4.97. The molecule has 37 heavy (non-hydrogen) atoms. The summed E-state index contributed by atoms with van der Waals surface area (Å²) in [6.45, 7) is 8.69. The van der Waals surface area contributed by atoms with Gasteiger partial charge in [-0.1, -0.05) is 59.3 Å². The van der Waals surface area contributed by atoms with Gasteiger partial charge >= 0.3 is 0 Å². The van der Waals surface area contributed by atoms with Gasteiger partial charge < -0.3 is 21.7 Å². The zero-order chi connectivity index (χ0) is 26.0. The van der Waals surface area contributed by atoms with Crippen LogP contribution >= 0.6 is 22.7 Å². The molecule has 6 rings (SSSR count). The first kappa shape index (κ1) is 27.2.